The van der Waals surface area contributed by atoms with Gasteiger partial charge in [-0.3, -0.25) is 4.99 Å². The molecule has 116 valence electrons. The first-order valence-corrected chi connectivity index (χ1v) is 7.51. The molecule has 3 N–H and O–H groups in total. The lowest BCUT2D eigenvalue weighted by atomic mass is 10.2. The van der Waals surface area contributed by atoms with Crippen LogP contribution in [-0.4, -0.2) is 42.3 Å². The van der Waals surface area contributed by atoms with E-state index in [2.05, 4.69) is 27.5 Å². The number of guanidine groups is 1. The van der Waals surface area contributed by atoms with Crippen LogP contribution in [0.4, 0.5) is 0 Å². The van der Waals surface area contributed by atoms with Gasteiger partial charge < -0.3 is 15.7 Å². The molecular formula is C13H25IN4OS. The Hall–Kier alpha value is -0.410. The van der Waals surface area contributed by atoms with Crippen molar-refractivity contribution in [2.45, 2.75) is 27.2 Å². The number of aliphatic imine (C=N–C) groups is 1. The average molecular weight is 412 g/mol. The molecule has 1 aromatic rings. The van der Waals surface area contributed by atoms with Gasteiger partial charge in [-0.2, -0.15) is 0 Å². The van der Waals surface area contributed by atoms with E-state index in [4.69, 9.17) is 5.11 Å². The van der Waals surface area contributed by atoms with Crippen LogP contribution in [0.3, 0.4) is 0 Å². The molecule has 7 heteroatoms. The van der Waals surface area contributed by atoms with Crippen molar-refractivity contribution in [2.24, 2.45) is 10.9 Å². The van der Waals surface area contributed by atoms with Gasteiger partial charge in [0, 0.05) is 43.7 Å². The van der Waals surface area contributed by atoms with Crippen LogP contribution in [0, 0.1) is 12.8 Å². The van der Waals surface area contributed by atoms with Crippen LogP contribution in [-0.2, 0) is 6.42 Å². The first kappa shape index (κ1) is 19.6. The normalized spacial score (nSPS) is 12.7. The van der Waals surface area contributed by atoms with Gasteiger partial charge >= 0.3 is 0 Å². The Kier molecular flexibility index (Phi) is 11.0. The number of aromatic nitrogens is 1. The highest BCUT2D eigenvalue weighted by Gasteiger charge is 2.02. The zero-order valence-electron chi connectivity index (χ0n) is 12.3. The van der Waals surface area contributed by atoms with Gasteiger partial charge in [-0.05, 0) is 19.8 Å². The zero-order valence-corrected chi connectivity index (χ0v) is 15.5. The summed E-state index contributed by atoms with van der Waals surface area (Å²) in [4.78, 5) is 10.0. The molecule has 0 aromatic carbocycles. The lowest BCUT2D eigenvalue weighted by Gasteiger charge is -2.11. The monoisotopic (exact) mass is 412 g/mol. The number of nitrogens with one attached hydrogen (secondary N) is 2. The highest BCUT2D eigenvalue weighted by atomic mass is 127. The van der Waals surface area contributed by atoms with Crippen LogP contribution in [0.1, 0.15) is 23.7 Å². The van der Waals surface area contributed by atoms with E-state index in [9.17, 15) is 0 Å². The summed E-state index contributed by atoms with van der Waals surface area (Å²) in [5.74, 6) is 0.994. The molecule has 1 atom stereocenters. The molecule has 20 heavy (non-hydrogen) atoms. The van der Waals surface area contributed by atoms with Gasteiger partial charge in [0.25, 0.3) is 0 Å². The van der Waals surface area contributed by atoms with Crippen LogP contribution in [0.15, 0.2) is 11.2 Å². The van der Waals surface area contributed by atoms with Gasteiger partial charge in [0.1, 0.15) is 0 Å². The molecule has 1 rings (SSSR count). The van der Waals surface area contributed by atoms with E-state index in [1.54, 1.807) is 11.3 Å². The summed E-state index contributed by atoms with van der Waals surface area (Å²) in [5.41, 5.74) is 0. The van der Waals surface area contributed by atoms with E-state index in [0.717, 1.165) is 30.5 Å². The first-order valence-electron chi connectivity index (χ1n) is 6.70. The molecule has 1 heterocycles. The summed E-state index contributed by atoms with van der Waals surface area (Å²) in [6.45, 7) is 8.52. The number of thiazole rings is 1. The Morgan fingerprint density at radius 1 is 1.50 bits per heavy atom. The first-order chi connectivity index (χ1) is 9.15. The fourth-order valence-corrected chi connectivity index (χ4v) is 2.24. The Morgan fingerprint density at radius 2 is 2.25 bits per heavy atom. The maximum Gasteiger partial charge on any atom is 0.191 e. The SMILES string of the molecule is CCNC(=NCC(C)CO)NCCc1ncc(C)s1.I. The van der Waals surface area contributed by atoms with Crippen molar-refractivity contribution in [2.75, 3.05) is 26.2 Å². The van der Waals surface area contributed by atoms with Crippen LogP contribution in [0.5, 0.6) is 0 Å². The molecule has 1 aromatic heterocycles. The second kappa shape index (κ2) is 11.3. The second-order valence-electron chi connectivity index (χ2n) is 4.55. The smallest absolute Gasteiger partial charge is 0.191 e. The molecule has 0 saturated heterocycles. The Balaban J connectivity index is 0.00000361. The molecule has 0 amide bonds. The zero-order chi connectivity index (χ0) is 14.1. The predicted molar refractivity (Wildman–Crippen MR) is 96.2 cm³/mol. The van der Waals surface area contributed by atoms with Gasteiger partial charge in [0.15, 0.2) is 5.96 Å². The number of aryl methyl sites for hydroxylation is 1. The molecule has 0 radical (unpaired) electrons. The van der Waals surface area contributed by atoms with Crippen molar-refractivity contribution in [3.63, 3.8) is 0 Å². The Labute approximate surface area is 142 Å². The molecule has 0 aliphatic rings. The van der Waals surface area contributed by atoms with Crippen molar-refractivity contribution >= 4 is 41.3 Å². The van der Waals surface area contributed by atoms with Crippen molar-refractivity contribution in [1.82, 2.24) is 15.6 Å². The third kappa shape index (κ3) is 8.01. The topological polar surface area (TPSA) is 69.5 Å². The molecule has 5 nitrogen and oxygen atoms in total. The summed E-state index contributed by atoms with van der Waals surface area (Å²) in [7, 11) is 0. The maximum atomic E-state index is 8.99. The highest BCUT2D eigenvalue weighted by molar-refractivity contribution is 14.0. The molecule has 0 spiro atoms. The summed E-state index contributed by atoms with van der Waals surface area (Å²) < 4.78 is 0. The van der Waals surface area contributed by atoms with Gasteiger partial charge in [-0.15, -0.1) is 35.3 Å². The summed E-state index contributed by atoms with van der Waals surface area (Å²) in [6.07, 6.45) is 2.81. The Morgan fingerprint density at radius 3 is 2.80 bits per heavy atom. The third-order valence-corrected chi connectivity index (χ3v) is 3.49. The minimum atomic E-state index is 0. The van der Waals surface area contributed by atoms with E-state index < -0.39 is 0 Å². The molecular weight excluding hydrogens is 387 g/mol. The standard InChI is InChI=1S/C13H24N4OS.HI/c1-4-14-13(17-7-10(2)9-18)15-6-5-12-16-8-11(3)19-12;/h8,10,18H,4-7,9H2,1-3H3,(H2,14,15,17);1H. The third-order valence-electron chi connectivity index (χ3n) is 2.52. The molecule has 0 saturated carbocycles. The summed E-state index contributed by atoms with van der Waals surface area (Å²) in [5, 5.41) is 16.6. The van der Waals surface area contributed by atoms with Gasteiger partial charge in [0.05, 0.1) is 5.01 Å². The van der Waals surface area contributed by atoms with Crippen LogP contribution in [0.2, 0.25) is 0 Å². The fraction of sp³-hybridized carbons (Fsp3) is 0.692. The van der Waals surface area contributed by atoms with E-state index in [1.807, 2.05) is 20.0 Å². The fourth-order valence-electron chi connectivity index (χ4n) is 1.45. The van der Waals surface area contributed by atoms with E-state index in [0.29, 0.717) is 6.54 Å². The van der Waals surface area contributed by atoms with Crippen LogP contribution < -0.4 is 10.6 Å². The number of aliphatic hydroxyl groups is 1. The summed E-state index contributed by atoms with van der Waals surface area (Å²) >= 11 is 1.73. The molecule has 0 aliphatic heterocycles. The quantitative estimate of drug-likeness (QED) is 0.363. The Bertz CT molecular complexity index is 397. The number of hydrogen-bond acceptors (Lipinski definition) is 4. The predicted octanol–water partition coefficient (Wildman–Crippen LogP) is 1.80. The second-order valence-corrected chi connectivity index (χ2v) is 5.87. The van der Waals surface area contributed by atoms with Crippen LogP contribution >= 0.6 is 35.3 Å². The average Bonchev–Trinajstić information content (AvgIpc) is 2.81. The van der Waals surface area contributed by atoms with Crippen molar-refractivity contribution in [3.05, 3.63) is 16.1 Å². The minimum Gasteiger partial charge on any atom is -0.396 e. The van der Waals surface area contributed by atoms with Crippen molar-refractivity contribution in [3.8, 4) is 0 Å². The highest BCUT2D eigenvalue weighted by Crippen LogP contribution is 2.10. The number of halogens is 1. The molecule has 0 aliphatic carbocycles. The van der Waals surface area contributed by atoms with Crippen molar-refractivity contribution < 1.29 is 5.11 Å². The molecule has 0 fully saturated rings. The van der Waals surface area contributed by atoms with E-state index >= 15 is 0 Å². The number of hydrogen-bond donors (Lipinski definition) is 3. The molecule has 1 unspecified atom stereocenters. The maximum absolute atomic E-state index is 8.99. The van der Waals surface area contributed by atoms with E-state index in [-0.39, 0.29) is 36.5 Å². The number of aliphatic hydroxyl groups excluding tert-OH is 1. The van der Waals surface area contributed by atoms with Crippen LogP contribution in [0.25, 0.3) is 0 Å². The number of rotatable bonds is 7. The summed E-state index contributed by atoms with van der Waals surface area (Å²) in [6, 6.07) is 0. The van der Waals surface area contributed by atoms with Gasteiger partial charge in [0.2, 0.25) is 0 Å². The van der Waals surface area contributed by atoms with Gasteiger partial charge in [-0.25, -0.2) is 4.98 Å². The lowest BCUT2D eigenvalue weighted by Crippen LogP contribution is -2.38. The van der Waals surface area contributed by atoms with Crippen molar-refractivity contribution in [1.29, 1.82) is 0 Å². The van der Waals surface area contributed by atoms with Gasteiger partial charge in [-0.1, -0.05) is 6.92 Å². The molecule has 0 bridgehead atoms. The largest absolute Gasteiger partial charge is 0.396 e. The van der Waals surface area contributed by atoms with E-state index in [1.165, 1.54) is 4.88 Å². The minimum absolute atomic E-state index is 0. The lowest BCUT2D eigenvalue weighted by molar-refractivity contribution is 0.241. The number of nitrogens with zero attached hydrogens (tertiary/aromatic N) is 2.